The topological polar surface area (TPSA) is 20.1 Å². The molecule has 1 fully saturated rings. The molecule has 2 heteroatoms. The summed E-state index contributed by atoms with van der Waals surface area (Å²) >= 11 is 0. The first-order valence-corrected chi connectivity index (χ1v) is 12.4. The van der Waals surface area contributed by atoms with Gasteiger partial charge in [-0.15, -0.1) is 0 Å². The second-order valence-corrected chi connectivity index (χ2v) is 12.9. The van der Waals surface area contributed by atoms with E-state index in [0.29, 0.717) is 6.54 Å². The first kappa shape index (κ1) is 24.3. The molecular formula is C32H39NO. The van der Waals surface area contributed by atoms with Crippen molar-refractivity contribution in [2.45, 2.75) is 78.6 Å². The number of amides is 1. The fraction of sp³-hybridized carbons (Fsp3) is 0.406. The number of hydrogen-bond acceptors (Lipinski definition) is 1. The van der Waals surface area contributed by atoms with Crippen molar-refractivity contribution in [3.05, 3.63) is 77.4 Å². The average Bonchev–Trinajstić information content (AvgIpc) is 3.48. The van der Waals surface area contributed by atoms with E-state index in [-0.39, 0.29) is 22.2 Å². The zero-order valence-electron chi connectivity index (χ0n) is 22.3. The normalized spacial score (nSPS) is 14.5. The molecule has 0 atom stereocenters. The van der Waals surface area contributed by atoms with E-state index >= 15 is 0 Å². The molecule has 0 N–H and O–H groups in total. The number of carbonyl (C=O) groups is 1. The van der Waals surface area contributed by atoms with Crippen LogP contribution in [-0.4, -0.2) is 12.5 Å². The minimum atomic E-state index is 0.0491. The van der Waals surface area contributed by atoms with E-state index in [1.54, 1.807) is 0 Å². The predicted molar refractivity (Wildman–Crippen MR) is 146 cm³/mol. The molecule has 0 aromatic heterocycles. The van der Waals surface area contributed by atoms with Crippen LogP contribution < -0.4 is 4.90 Å². The molecule has 1 aliphatic heterocycles. The standard InChI is InChI=1S/C32H39NO/c1-30(2,3)25-12-10-11-21(14-25)22-13-23(18-28(17-22)33-20-29(33)34)24-15-26(31(4,5)6)19-27(16-24)32(7,8)9/h10-19H,20H2,1-9H3. The van der Waals surface area contributed by atoms with Crippen LogP contribution in [0.1, 0.15) is 79.0 Å². The Morgan fingerprint density at radius 3 is 1.47 bits per heavy atom. The van der Waals surface area contributed by atoms with Crippen LogP contribution in [0.5, 0.6) is 0 Å². The fourth-order valence-electron chi connectivity index (χ4n) is 4.26. The van der Waals surface area contributed by atoms with Crippen molar-refractivity contribution >= 4 is 11.6 Å². The van der Waals surface area contributed by atoms with Crippen molar-refractivity contribution in [2.75, 3.05) is 11.4 Å². The minimum absolute atomic E-state index is 0.0491. The molecule has 178 valence electrons. The van der Waals surface area contributed by atoms with Crippen LogP contribution in [-0.2, 0) is 21.0 Å². The average molecular weight is 454 g/mol. The van der Waals surface area contributed by atoms with Crippen LogP contribution in [0.15, 0.2) is 60.7 Å². The van der Waals surface area contributed by atoms with Gasteiger partial charge in [0.2, 0.25) is 5.91 Å². The van der Waals surface area contributed by atoms with E-state index < -0.39 is 0 Å². The van der Waals surface area contributed by atoms with Gasteiger partial charge in [0.1, 0.15) is 6.54 Å². The molecule has 0 bridgehead atoms. The molecule has 2 nitrogen and oxygen atoms in total. The smallest absolute Gasteiger partial charge is 0.247 e. The number of anilines is 1. The molecule has 3 aromatic carbocycles. The van der Waals surface area contributed by atoms with Gasteiger partial charge in [-0.3, -0.25) is 4.79 Å². The maximum atomic E-state index is 12.1. The Balaban J connectivity index is 1.92. The minimum Gasteiger partial charge on any atom is -0.301 e. The summed E-state index contributed by atoms with van der Waals surface area (Å²) in [5.74, 6) is 0.186. The van der Waals surface area contributed by atoms with Crippen LogP contribution in [0.2, 0.25) is 0 Å². The van der Waals surface area contributed by atoms with Crippen molar-refractivity contribution in [2.24, 2.45) is 0 Å². The van der Waals surface area contributed by atoms with Gasteiger partial charge in [-0.05, 0) is 73.4 Å². The molecule has 1 aliphatic rings. The molecule has 1 heterocycles. The summed E-state index contributed by atoms with van der Waals surface area (Å²) in [6, 6.07) is 22.4. The van der Waals surface area contributed by atoms with Crippen molar-refractivity contribution in [3.63, 3.8) is 0 Å². The SMILES string of the molecule is CC(C)(C)c1cccc(-c2cc(-c3cc(C(C)(C)C)cc(C(C)(C)C)c3)cc(N3CC3=O)c2)c1. The zero-order chi connectivity index (χ0) is 25.1. The third kappa shape index (κ3) is 5.12. The molecule has 0 aliphatic carbocycles. The highest BCUT2D eigenvalue weighted by atomic mass is 16.2. The summed E-state index contributed by atoms with van der Waals surface area (Å²) in [5, 5.41) is 0. The summed E-state index contributed by atoms with van der Waals surface area (Å²) < 4.78 is 0. The summed E-state index contributed by atoms with van der Waals surface area (Å²) in [7, 11) is 0. The van der Waals surface area contributed by atoms with E-state index in [0.717, 1.165) is 16.8 Å². The van der Waals surface area contributed by atoms with Crippen LogP contribution in [0.25, 0.3) is 22.3 Å². The Morgan fingerprint density at radius 1 is 0.559 bits per heavy atom. The van der Waals surface area contributed by atoms with Crippen LogP contribution in [0.3, 0.4) is 0 Å². The van der Waals surface area contributed by atoms with Crippen molar-refractivity contribution < 1.29 is 4.79 Å². The third-order valence-electron chi connectivity index (χ3n) is 6.78. The molecule has 0 unspecified atom stereocenters. The van der Waals surface area contributed by atoms with Crippen molar-refractivity contribution in [1.29, 1.82) is 0 Å². The monoisotopic (exact) mass is 453 g/mol. The van der Waals surface area contributed by atoms with Gasteiger partial charge in [0.25, 0.3) is 0 Å². The predicted octanol–water partition coefficient (Wildman–Crippen LogP) is 8.26. The van der Waals surface area contributed by atoms with E-state index in [1.807, 2.05) is 4.90 Å². The second kappa shape index (κ2) is 8.12. The number of nitrogens with zero attached hydrogens (tertiary/aromatic N) is 1. The van der Waals surface area contributed by atoms with Gasteiger partial charge in [0.05, 0.1) is 0 Å². The Morgan fingerprint density at radius 2 is 1.00 bits per heavy atom. The number of benzene rings is 3. The Bertz CT molecular complexity index is 1210. The molecule has 0 saturated carbocycles. The first-order valence-electron chi connectivity index (χ1n) is 12.4. The molecule has 1 saturated heterocycles. The molecule has 0 spiro atoms. The lowest BCUT2D eigenvalue weighted by Crippen LogP contribution is -2.16. The van der Waals surface area contributed by atoms with Crippen molar-refractivity contribution in [1.82, 2.24) is 0 Å². The van der Waals surface area contributed by atoms with Gasteiger partial charge in [-0.2, -0.15) is 0 Å². The molecule has 4 rings (SSSR count). The van der Waals surface area contributed by atoms with E-state index in [2.05, 4.69) is 123 Å². The molecule has 1 amide bonds. The van der Waals surface area contributed by atoms with E-state index in [4.69, 9.17) is 0 Å². The Kier molecular flexibility index (Phi) is 5.79. The number of hydrogen-bond donors (Lipinski definition) is 0. The van der Waals surface area contributed by atoms with Gasteiger partial charge in [-0.1, -0.05) is 105 Å². The van der Waals surface area contributed by atoms with Crippen LogP contribution >= 0.6 is 0 Å². The maximum Gasteiger partial charge on any atom is 0.247 e. The lowest BCUT2D eigenvalue weighted by Gasteiger charge is -2.26. The summed E-state index contributed by atoms with van der Waals surface area (Å²) in [6.07, 6.45) is 0. The Hall–Kier alpha value is -2.87. The van der Waals surface area contributed by atoms with Gasteiger partial charge in [-0.25, -0.2) is 0 Å². The molecule has 0 radical (unpaired) electrons. The van der Waals surface area contributed by atoms with E-state index in [1.165, 1.54) is 27.8 Å². The molecule has 34 heavy (non-hydrogen) atoms. The number of rotatable bonds is 3. The Labute approximate surface area is 206 Å². The summed E-state index contributed by atoms with van der Waals surface area (Å²) in [4.78, 5) is 13.9. The van der Waals surface area contributed by atoms with E-state index in [9.17, 15) is 4.79 Å². The fourth-order valence-corrected chi connectivity index (χ4v) is 4.26. The van der Waals surface area contributed by atoms with Gasteiger partial charge >= 0.3 is 0 Å². The lowest BCUT2D eigenvalue weighted by atomic mass is 9.78. The second-order valence-electron chi connectivity index (χ2n) is 12.9. The van der Waals surface area contributed by atoms with Crippen LogP contribution in [0, 0.1) is 0 Å². The van der Waals surface area contributed by atoms with Gasteiger partial charge in [0.15, 0.2) is 0 Å². The van der Waals surface area contributed by atoms with Crippen molar-refractivity contribution in [3.8, 4) is 22.3 Å². The highest BCUT2D eigenvalue weighted by Crippen LogP contribution is 2.39. The largest absolute Gasteiger partial charge is 0.301 e. The summed E-state index contributed by atoms with van der Waals surface area (Å²) in [5.41, 5.74) is 9.84. The zero-order valence-corrected chi connectivity index (χ0v) is 22.3. The number of carbonyl (C=O) groups excluding carboxylic acids is 1. The van der Waals surface area contributed by atoms with Gasteiger partial charge in [0, 0.05) is 5.69 Å². The van der Waals surface area contributed by atoms with Crippen LogP contribution in [0.4, 0.5) is 5.69 Å². The first-order chi connectivity index (χ1) is 15.6. The molecule has 3 aromatic rings. The highest BCUT2D eigenvalue weighted by molar-refractivity contribution is 6.12. The quantitative estimate of drug-likeness (QED) is 0.365. The lowest BCUT2D eigenvalue weighted by molar-refractivity contribution is -0.109. The van der Waals surface area contributed by atoms with Gasteiger partial charge < -0.3 is 4.90 Å². The summed E-state index contributed by atoms with van der Waals surface area (Å²) in [6.45, 7) is 20.9. The third-order valence-corrected chi connectivity index (χ3v) is 6.78. The molecular weight excluding hydrogens is 414 g/mol. The maximum absolute atomic E-state index is 12.1. The highest BCUT2D eigenvalue weighted by Gasteiger charge is 2.32.